The van der Waals surface area contributed by atoms with E-state index in [9.17, 15) is 4.79 Å². The van der Waals surface area contributed by atoms with Crippen LogP contribution in [0.25, 0.3) is 0 Å². The lowest BCUT2D eigenvalue weighted by molar-refractivity contribution is 0.102. The molecular formula is C20H24N4O3. The first-order valence-corrected chi connectivity index (χ1v) is 8.99. The molecule has 7 nitrogen and oxygen atoms in total. The molecule has 1 amide bonds. The van der Waals surface area contributed by atoms with Crippen LogP contribution in [0.5, 0.6) is 5.75 Å². The summed E-state index contributed by atoms with van der Waals surface area (Å²) in [5.74, 6) is 1.82. The Bertz CT molecular complexity index is 909. The van der Waals surface area contributed by atoms with E-state index in [-0.39, 0.29) is 11.9 Å². The van der Waals surface area contributed by atoms with Gasteiger partial charge in [0.05, 0.1) is 23.5 Å². The Morgan fingerprint density at radius 2 is 2.15 bits per heavy atom. The zero-order valence-corrected chi connectivity index (χ0v) is 16.0. The number of hydrogen-bond acceptors (Lipinski definition) is 5. The smallest absolute Gasteiger partial charge is 0.256 e. The second-order valence-electron chi connectivity index (χ2n) is 6.49. The van der Waals surface area contributed by atoms with Crippen molar-refractivity contribution in [2.45, 2.75) is 46.8 Å². The number of nitrogens with zero attached hydrogens (tertiary/aromatic N) is 3. The number of carbonyl (C=O) groups is 1. The van der Waals surface area contributed by atoms with Gasteiger partial charge in [0, 0.05) is 11.6 Å². The molecule has 0 aliphatic rings. The fourth-order valence-electron chi connectivity index (χ4n) is 2.72. The van der Waals surface area contributed by atoms with Crippen molar-refractivity contribution in [2.75, 3.05) is 5.32 Å². The molecule has 0 fully saturated rings. The van der Waals surface area contributed by atoms with Crippen LogP contribution in [0.1, 0.15) is 53.7 Å². The maximum absolute atomic E-state index is 12.6. The number of aromatic nitrogens is 3. The summed E-state index contributed by atoms with van der Waals surface area (Å²) in [6, 6.07) is 9.09. The summed E-state index contributed by atoms with van der Waals surface area (Å²) in [7, 11) is 0. The summed E-state index contributed by atoms with van der Waals surface area (Å²) in [5, 5.41) is 11.1. The molecule has 142 valence electrons. The molecule has 0 bridgehead atoms. The lowest BCUT2D eigenvalue weighted by Crippen LogP contribution is -2.17. The van der Waals surface area contributed by atoms with E-state index in [1.807, 2.05) is 24.6 Å². The number of nitrogens with one attached hydrogen (secondary N) is 1. The number of ether oxygens (including phenoxy) is 1. The fourth-order valence-corrected chi connectivity index (χ4v) is 2.72. The van der Waals surface area contributed by atoms with E-state index in [4.69, 9.17) is 9.26 Å². The lowest BCUT2D eigenvalue weighted by Gasteiger charge is -2.14. The highest BCUT2D eigenvalue weighted by Gasteiger charge is 2.14. The summed E-state index contributed by atoms with van der Waals surface area (Å²) in [4.78, 5) is 12.6. The summed E-state index contributed by atoms with van der Waals surface area (Å²) >= 11 is 0. The number of benzene rings is 1. The Balaban J connectivity index is 1.70. The van der Waals surface area contributed by atoms with Crippen molar-refractivity contribution in [2.24, 2.45) is 0 Å². The third kappa shape index (κ3) is 4.19. The number of anilines is 1. The van der Waals surface area contributed by atoms with Gasteiger partial charge in [-0.3, -0.25) is 4.79 Å². The topological polar surface area (TPSA) is 82.2 Å². The van der Waals surface area contributed by atoms with Gasteiger partial charge in [0.2, 0.25) is 0 Å². The number of carbonyl (C=O) groups excluding carboxylic acids is 1. The van der Waals surface area contributed by atoms with Crippen LogP contribution in [-0.2, 0) is 6.61 Å². The molecule has 0 aliphatic heterocycles. The molecule has 7 heteroatoms. The Morgan fingerprint density at radius 1 is 1.33 bits per heavy atom. The predicted octanol–water partition coefficient (Wildman–Crippen LogP) is 4.29. The second kappa shape index (κ2) is 8.07. The van der Waals surface area contributed by atoms with Crippen molar-refractivity contribution in [3.63, 3.8) is 0 Å². The molecule has 0 spiro atoms. The number of aryl methyl sites for hydroxylation is 2. The first-order chi connectivity index (χ1) is 13.0. The first kappa shape index (κ1) is 18.7. The van der Waals surface area contributed by atoms with Crippen LogP contribution < -0.4 is 10.1 Å². The van der Waals surface area contributed by atoms with E-state index in [2.05, 4.69) is 29.4 Å². The van der Waals surface area contributed by atoms with Crippen molar-refractivity contribution in [3.05, 3.63) is 59.1 Å². The zero-order valence-electron chi connectivity index (χ0n) is 16.0. The van der Waals surface area contributed by atoms with Gasteiger partial charge >= 0.3 is 0 Å². The third-order valence-corrected chi connectivity index (χ3v) is 4.58. The summed E-state index contributed by atoms with van der Waals surface area (Å²) in [6.45, 7) is 8.21. The molecule has 2 aromatic heterocycles. The van der Waals surface area contributed by atoms with Gasteiger partial charge in [0.25, 0.3) is 5.91 Å². The maximum atomic E-state index is 12.6. The van der Waals surface area contributed by atoms with E-state index in [1.165, 1.54) is 0 Å². The fraction of sp³-hybridized carbons (Fsp3) is 0.350. The van der Waals surface area contributed by atoms with Crippen LogP contribution in [-0.4, -0.2) is 20.8 Å². The first-order valence-electron chi connectivity index (χ1n) is 8.99. The second-order valence-corrected chi connectivity index (χ2v) is 6.49. The minimum Gasteiger partial charge on any atom is -0.489 e. The average molecular weight is 368 g/mol. The highest BCUT2D eigenvalue weighted by molar-refractivity contribution is 6.04. The third-order valence-electron chi connectivity index (χ3n) is 4.58. The van der Waals surface area contributed by atoms with Crippen LogP contribution in [0.3, 0.4) is 0 Å². The van der Waals surface area contributed by atoms with Gasteiger partial charge in [-0.2, -0.15) is 5.10 Å². The molecule has 0 saturated heterocycles. The van der Waals surface area contributed by atoms with E-state index in [0.29, 0.717) is 23.7 Å². The molecule has 0 aliphatic carbocycles. The molecule has 1 atom stereocenters. The number of hydrogen-bond donors (Lipinski definition) is 1. The van der Waals surface area contributed by atoms with Crippen LogP contribution in [0.4, 0.5) is 5.82 Å². The molecule has 3 rings (SSSR count). The summed E-state index contributed by atoms with van der Waals surface area (Å²) < 4.78 is 12.8. The Hall–Kier alpha value is -3.09. The number of amides is 1. The van der Waals surface area contributed by atoms with Gasteiger partial charge in [0.1, 0.15) is 23.9 Å². The molecule has 27 heavy (non-hydrogen) atoms. The number of rotatable bonds is 7. The molecule has 1 N–H and O–H groups in total. The zero-order chi connectivity index (χ0) is 19.4. The van der Waals surface area contributed by atoms with Crippen molar-refractivity contribution in [1.82, 2.24) is 14.9 Å². The highest BCUT2D eigenvalue weighted by atomic mass is 16.5. The Morgan fingerprint density at radius 3 is 2.85 bits per heavy atom. The molecule has 0 saturated carbocycles. The van der Waals surface area contributed by atoms with E-state index in [0.717, 1.165) is 23.4 Å². The van der Waals surface area contributed by atoms with Crippen molar-refractivity contribution in [3.8, 4) is 5.75 Å². The van der Waals surface area contributed by atoms with E-state index < -0.39 is 0 Å². The summed E-state index contributed by atoms with van der Waals surface area (Å²) in [6.07, 6.45) is 2.61. The molecule has 0 radical (unpaired) electrons. The maximum Gasteiger partial charge on any atom is 0.256 e. The Labute approximate surface area is 158 Å². The van der Waals surface area contributed by atoms with Crippen molar-refractivity contribution < 1.29 is 14.1 Å². The minimum absolute atomic E-state index is 0.206. The van der Waals surface area contributed by atoms with Crippen LogP contribution >= 0.6 is 0 Å². The molecular weight excluding hydrogens is 344 g/mol. The minimum atomic E-state index is -0.206. The highest BCUT2D eigenvalue weighted by Crippen LogP contribution is 2.20. The van der Waals surface area contributed by atoms with Gasteiger partial charge in [-0.25, -0.2) is 4.68 Å². The predicted molar refractivity (Wildman–Crippen MR) is 102 cm³/mol. The Kier molecular flexibility index (Phi) is 5.59. The normalized spacial score (nSPS) is 12.0. The molecule has 2 heterocycles. The lowest BCUT2D eigenvalue weighted by atomic mass is 10.2. The average Bonchev–Trinajstić information content (AvgIpc) is 3.26. The van der Waals surface area contributed by atoms with Gasteiger partial charge in [0.15, 0.2) is 0 Å². The van der Waals surface area contributed by atoms with Gasteiger partial charge in [-0.15, -0.1) is 0 Å². The monoisotopic (exact) mass is 368 g/mol. The largest absolute Gasteiger partial charge is 0.489 e. The summed E-state index contributed by atoms with van der Waals surface area (Å²) in [5.41, 5.74) is 2.24. The molecule has 1 aromatic carbocycles. The molecule has 3 aromatic rings. The van der Waals surface area contributed by atoms with Crippen molar-refractivity contribution in [1.29, 1.82) is 0 Å². The quantitative estimate of drug-likeness (QED) is 0.673. The standard InChI is InChI=1S/C20H24N4O3/c1-5-13(2)24-19(9-10-21-24)22-20(25)16-7-6-8-17(11-16)26-12-18-14(3)23-27-15(18)4/h6-11,13H,5,12H2,1-4H3,(H,22,25). The van der Waals surface area contributed by atoms with Crippen LogP contribution in [0.15, 0.2) is 41.1 Å². The van der Waals surface area contributed by atoms with E-state index >= 15 is 0 Å². The van der Waals surface area contributed by atoms with Gasteiger partial charge < -0.3 is 14.6 Å². The van der Waals surface area contributed by atoms with Gasteiger partial charge in [-0.05, 0) is 45.4 Å². The van der Waals surface area contributed by atoms with Crippen LogP contribution in [0.2, 0.25) is 0 Å². The van der Waals surface area contributed by atoms with Crippen molar-refractivity contribution >= 4 is 11.7 Å². The SMILES string of the molecule is CCC(C)n1nccc1NC(=O)c1cccc(OCc2c(C)noc2C)c1. The van der Waals surface area contributed by atoms with Crippen LogP contribution in [0, 0.1) is 13.8 Å². The molecule has 1 unspecified atom stereocenters. The van der Waals surface area contributed by atoms with E-state index in [1.54, 1.807) is 30.5 Å². The van der Waals surface area contributed by atoms with Gasteiger partial charge in [-0.1, -0.05) is 18.1 Å².